The molecule has 2 aliphatic heterocycles. The van der Waals surface area contributed by atoms with Crippen molar-refractivity contribution in [3.05, 3.63) is 53.2 Å². The lowest BCUT2D eigenvalue weighted by molar-refractivity contribution is 0.128. The van der Waals surface area contributed by atoms with E-state index in [0.29, 0.717) is 6.61 Å². The molecule has 33 heavy (non-hydrogen) atoms. The number of nitrogens with zero attached hydrogens (tertiary/aromatic N) is 4. The Bertz CT molecular complexity index is 1430. The maximum Gasteiger partial charge on any atom is 0.256 e. The van der Waals surface area contributed by atoms with Crippen LogP contribution in [0, 0.1) is 13.8 Å². The summed E-state index contributed by atoms with van der Waals surface area (Å²) >= 11 is 0. The summed E-state index contributed by atoms with van der Waals surface area (Å²) in [7, 11) is 0. The van der Waals surface area contributed by atoms with Crippen molar-refractivity contribution >= 4 is 16.6 Å². The standard InChI is InChI=1S/C25H25F2N5O/c1-13-20(16-6-5-7-18-15(16)8-10-31(18)12-19(26)27)23-17(9-11-33-23)21-22(13)32-14(2)29-30-24(32)25(3,4)28-21/h5-8,10,19,28H,9,11-12H2,1-4H3. The zero-order chi connectivity index (χ0) is 23.1. The second-order valence-electron chi connectivity index (χ2n) is 9.38. The lowest BCUT2D eigenvalue weighted by Gasteiger charge is -2.36. The van der Waals surface area contributed by atoms with Gasteiger partial charge >= 0.3 is 0 Å². The summed E-state index contributed by atoms with van der Waals surface area (Å²) in [6, 6.07) is 7.79. The maximum atomic E-state index is 13.1. The highest BCUT2D eigenvalue weighted by Crippen LogP contribution is 2.52. The smallest absolute Gasteiger partial charge is 0.256 e. The van der Waals surface area contributed by atoms with Crippen LogP contribution in [0.1, 0.15) is 36.6 Å². The highest BCUT2D eigenvalue weighted by molar-refractivity contribution is 6.00. The number of aromatic nitrogens is 4. The zero-order valence-electron chi connectivity index (χ0n) is 19.0. The van der Waals surface area contributed by atoms with Gasteiger partial charge in [-0.2, -0.15) is 0 Å². The zero-order valence-corrected chi connectivity index (χ0v) is 19.0. The topological polar surface area (TPSA) is 56.9 Å². The number of benzene rings is 2. The number of anilines is 1. The highest BCUT2D eigenvalue weighted by atomic mass is 19.3. The van der Waals surface area contributed by atoms with Crippen LogP contribution in [0.5, 0.6) is 5.75 Å². The molecule has 6 nitrogen and oxygen atoms in total. The number of fused-ring (bicyclic) bond motifs is 6. The Labute approximate surface area is 190 Å². The first-order valence-corrected chi connectivity index (χ1v) is 11.2. The van der Waals surface area contributed by atoms with Crippen molar-refractivity contribution in [3.8, 4) is 22.6 Å². The molecular formula is C25H25F2N5O. The van der Waals surface area contributed by atoms with Gasteiger partial charge in [-0.05, 0) is 51.0 Å². The van der Waals surface area contributed by atoms with Gasteiger partial charge in [-0.15, -0.1) is 10.2 Å². The van der Waals surface area contributed by atoms with E-state index in [2.05, 4.69) is 40.9 Å². The quantitative estimate of drug-likeness (QED) is 0.457. The van der Waals surface area contributed by atoms with Crippen molar-refractivity contribution in [2.45, 2.75) is 52.6 Å². The molecule has 0 saturated heterocycles. The van der Waals surface area contributed by atoms with Crippen LogP contribution < -0.4 is 10.1 Å². The lowest BCUT2D eigenvalue weighted by Crippen LogP contribution is -2.36. The Morgan fingerprint density at radius 2 is 2.00 bits per heavy atom. The van der Waals surface area contributed by atoms with Crippen molar-refractivity contribution in [3.63, 3.8) is 0 Å². The fraction of sp³-hybridized carbons (Fsp3) is 0.360. The van der Waals surface area contributed by atoms with Crippen molar-refractivity contribution in [2.24, 2.45) is 0 Å². The lowest BCUT2D eigenvalue weighted by atomic mass is 9.88. The van der Waals surface area contributed by atoms with Gasteiger partial charge in [0.1, 0.15) is 11.6 Å². The first-order valence-electron chi connectivity index (χ1n) is 11.2. The Morgan fingerprint density at radius 1 is 1.18 bits per heavy atom. The second kappa shape index (κ2) is 6.79. The van der Waals surface area contributed by atoms with E-state index in [1.807, 2.05) is 31.2 Å². The molecule has 1 N–H and O–H groups in total. The van der Waals surface area contributed by atoms with Crippen molar-refractivity contribution < 1.29 is 13.5 Å². The maximum absolute atomic E-state index is 13.1. The number of halogens is 2. The van der Waals surface area contributed by atoms with Crippen LogP contribution in [-0.2, 0) is 18.5 Å². The van der Waals surface area contributed by atoms with Gasteiger partial charge in [0, 0.05) is 34.6 Å². The van der Waals surface area contributed by atoms with E-state index in [9.17, 15) is 8.78 Å². The molecule has 0 saturated carbocycles. The minimum absolute atomic E-state index is 0.326. The van der Waals surface area contributed by atoms with E-state index in [0.717, 1.165) is 68.4 Å². The minimum atomic E-state index is -2.41. The van der Waals surface area contributed by atoms with Crippen LogP contribution in [0.15, 0.2) is 30.5 Å². The first kappa shape index (κ1) is 20.2. The predicted molar refractivity (Wildman–Crippen MR) is 124 cm³/mol. The van der Waals surface area contributed by atoms with Gasteiger partial charge < -0.3 is 14.6 Å². The van der Waals surface area contributed by atoms with Gasteiger partial charge in [-0.25, -0.2) is 8.78 Å². The molecule has 0 amide bonds. The van der Waals surface area contributed by atoms with Gasteiger partial charge in [0.05, 0.1) is 30.1 Å². The molecule has 0 bridgehead atoms. The van der Waals surface area contributed by atoms with Crippen LogP contribution in [0.2, 0.25) is 0 Å². The van der Waals surface area contributed by atoms with Crippen LogP contribution in [0.3, 0.4) is 0 Å². The van der Waals surface area contributed by atoms with E-state index >= 15 is 0 Å². The number of aryl methyl sites for hydroxylation is 1. The Balaban J connectivity index is 1.67. The van der Waals surface area contributed by atoms with Gasteiger partial charge in [-0.3, -0.25) is 4.57 Å². The van der Waals surface area contributed by atoms with Gasteiger partial charge in [0.25, 0.3) is 6.43 Å². The van der Waals surface area contributed by atoms with Crippen LogP contribution in [0.4, 0.5) is 14.5 Å². The van der Waals surface area contributed by atoms with Crippen LogP contribution in [-0.4, -0.2) is 32.4 Å². The van der Waals surface area contributed by atoms with Crippen molar-refractivity contribution in [2.75, 3.05) is 11.9 Å². The average molecular weight is 450 g/mol. The number of alkyl halides is 2. The second-order valence-corrected chi connectivity index (χ2v) is 9.38. The van der Waals surface area contributed by atoms with Gasteiger partial charge in [0.2, 0.25) is 0 Å². The molecule has 0 fully saturated rings. The largest absolute Gasteiger partial charge is 0.492 e. The monoisotopic (exact) mass is 449 g/mol. The number of hydrogen-bond acceptors (Lipinski definition) is 4. The Morgan fingerprint density at radius 3 is 2.79 bits per heavy atom. The first-order chi connectivity index (χ1) is 15.8. The molecule has 4 aromatic rings. The molecule has 170 valence electrons. The molecule has 8 heteroatoms. The van der Waals surface area contributed by atoms with Gasteiger partial charge in [-0.1, -0.05) is 12.1 Å². The molecule has 0 atom stereocenters. The van der Waals surface area contributed by atoms with Gasteiger partial charge in [0.15, 0.2) is 5.82 Å². The summed E-state index contributed by atoms with van der Waals surface area (Å²) in [5.41, 5.74) is 6.68. The summed E-state index contributed by atoms with van der Waals surface area (Å²) in [6.45, 7) is 8.55. The van der Waals surface area contributed by atoms with E-state index in [1.54, 1.807) is 10.8 Å². The summed E-state index contributed by atoms with van der Waals surface area (Å²) < 4.78 is 36.2. The Hall–Kier alpha value is -3.42. The highest BCUT2D eigenvalue weighted by Gasteiger charge is 2.39. The molecule has 2 aromatic heterocycles. The van der Waals surface area contributed by atoms with Crippen LogP contribution >= 0.6 is 0 Å². The van der Waals surface area contributed by atoms with E-state index in [1.165, 1.54) is 0 Å². The molecule has 0 radical (unpaired) electrons. The molecular weight excluding hydrogens is 424 g/mol. The molecule has 2 aliphatic rings. The third-order valence-corrected chi connectivity index (χ3v) is 6.83. The fourth-order valence-corrected chi connectivity index (χ4v) is 5.43. The molecule has 6 rings (SSSR count). The SMILES string of the molecule is Cc1c(-c2cccc3c2ccn3CC(F)F)c2c(c3c1-n1c(C)nnc1C(C)(C)N3)CCO2. The fourth-order valence-electron chi connectivity index (χ4n) is 5.43. The number of hydrogen-bond donors (Lipinski definition) is 1. The number of ether oxygens (including phenoxy) is 1. The average Bonchev–Trinajstić information content (AvgIpc) is 3.48. The predicted octanol–water partition coefficient (Wildman–Crippen LogP) is 5.37. The molecule has 4 heterocycles. The summed E-state index contributed by atoms with van der Waals surface area (Å²) in [5, 5.41) is 13.5. The summed E-state index contributed by atoms with van der Waals surface area (Å²) in [5.74, 6) is 2.56. The number of nitrogens with one attached hydrogen (secondary N) is 1. The van der Waals surface area contributed by atoms with E-state index in [-0.39, 0.29) is 12.1 Å². The summed E-state index contributed by atoms with van der Waals surface area (Å²) in [6.07, 6.45) is 0.126. The molecule has 0 spiro atoms. The van der Waals surface area contributed by atoms with Crippen molar-refractivity contribution in [1.82, 2.24) is 19.3 Å². The minimum Gasteiger partial charge on any atom is -0.492 e. The van der Waals surface area contributed by atoms with Crippen LogP contribution in [0.25, 0.3) is 27.7 Å². The number of rotatable bonds is 3. The molecule has 0 aliphatic carbocycles. The van der Waals surface area contributed by atoms with E-state index < -0.39 is 6.43 Å². The normalized spacial score (nSPS) is 15.8. The van der Waals surface area contributed by atoms with Crippen molar-refractivity contribution in [1.29, 1.82) is 0 Å². The molecule has 2 aromatic carbocycles. The summed E-state index contributed by atoms with van der Waals surface area (Å²) in [4.78, 5) is 0. The third kappa shape index (κ3) is 2.76. The van der Waals surface area contributed by atoms with E-state index in [4.69, 9.17) is 4.74 Å². The third-order valence-electron chi connectivity index (χ3n) is 6.83. The Kier molecular flexibility index (Phi) is 4.16. The molecule has 0 unspecified atom stereocenters.